The molecule has 0 aromatic carbocycles. The average Bonchev–Trinajstić information content (AvgIpc) is 2.60. The van der Waals surface area contributed by atoms with Gasteiger partial charge in [-0.1, -0.05) is 0 Å². The van der Waals surface area contributed by atoms with Crippen molar-refractivity contribution >= 4 is 11.8 Å². The van der Waals surface area contributed by atoms with Gasteiger partial charge in [-0.2, -0.15) is 0 Å². The van der Waals surface area contributed by atoms with Crippen molar-refractivity contribution in [2.24, 2.45) is 0 Å². The Balaban J connectivity index is 1.97. The molecule has 0 aromatic rings. The van der Waals surface area contributed by atoms with Crippen LogP contribution in [0, 0.1) is 0 Å². The Morgan fingerprint density at radius 1 is 1.47 bits per heavy atom. The highest BCUT2D eigenvalue weighted by Crippen LogP contribution is 2.06. The summed E-state index contributed by atoms with van der Waals surface area (Å²) in [5.41, 5.74) is 0. The van der Waals surface area contributed by atoms with Crippen LogP contribution in [0.25, 0.3) is 0 Å². The van der Waals surface area contributed by atoms with Gasteiger partial charge >= 0.3 is 5.97 Å². The zero-order chi connectivity index (χ0) is 11.1. The first-order valence-electron chi connectivity index (χ1n) is 5.62. The maximum absolute atomic E-state index is 11.0. The SMILES string of the molecule is CCOC(=O)CCCCN1CCC(=O)C1. The van der Waals surface area contributed by atoms with Gasteiger partial charge in [0.05, 0.1) is 13.2 Å². The second-order valence-electron chi connectivity index (χ2n) is 3.83. The normalized spacial score (nSPS) is 17.0. The number of ketones is 1. The number of ether oxygens (including phenoxy) is 1. The van der Waals surface area contributed by atoms with Gasteiger partial charge in [0.2, 0.25) is 0 Å². The highest BCUT2D eigenvalue weighted by atomic mass is 16.5. The van der Waals surface area contributed by atoms with E-state index in [0.29, 0.717) is 31.8 Å². The number of rotatable bonds is 6. The number of hydrogen-bond donors (Lipinski definition) is 0. The zero-order valence-corrected chi connectivity index (χ0v) is 9.33. The van der Waals surface area contributed by atoms with E-state index in [1.165, 1.54) is 0 Å². The summed E-state index contributed by atoms with van der Waals surface area (Å²) in [6.45, 7) is 4.68. The number of carbonyl (C=O) groups excluding carboxylic acids is 2. The average molecular weight is 213 g/mol. The van der Waals surface area contributed by atoms with Gasteiger partial charge in [-0.15, -0.1) is 0 Å². The molecule has 1 fully saturated rings. The van der Waals surface area contributed by atoms with E-state index < -0.39 is 0 Å². The number of likely N-dealkylation sites (tertiary alicyclic amines) is 1. The first-order valence-corrected chi connectivity index (χ1v) is 5.62. The minimum atomic E-state index is -0.116. The molecule has 4 heteroatoms. The summed E-state index contributed by atoms with van der Waals surface area (Å²) < 4.78 is 4.82. The van der Waals surface area contributed by atoms with Gasteiger partial charge in [-0.05, 0) is 26.3 Å². The lowest BCUT2D eigenvalue weighted by Gasteiger charge is -2.12. The van der Waals surface area contributed by atoms with Crippen LogP contribution in [-0.4, -0.2) is 42.9 Å². The van der Waals surface area contributed by atoms with Crippen molar-refractivity contribution in [3.63, 3.8) is 0 Å². The Bertz CT molecular complexity index is 228. The molecule has 0 aliphatic carbocycles. The molecule has 0 aromatic heterocycles. The van der Waals surface area contributed by atoms with Crippen molar-refractivity contribution in [3.8, 4) is 0 Å². The summed E-state index contributed by atoms with van der Waals surface area (Å²) in [5.74, 6) is 0.218. The molecular formula is C11H19NO3. The predicted octanol–water partition coefficient (Wildman–Crippen LogP) is 0.995. The minimum absolute atomic E-state index is 0.116. The van der Waals surface area contributed by atoms with E-state index in [4.69, 9.17) is 4.74 Å². The van der Waals surface area contributed by atoms with Crippen LogP contribution in [0.4, 0.5) is 0 Å². The van der Waals surface area contributed by atoms with Gasteiger partial charge in [0.1, 0.15) is 5.78 Å². The van der Waals surface area contributed by atoms with E-state index >= 15 is 0 Å². The first kappa shape index (κ1) is 12.2. The Kier molecular flexibility index (Phi) is 5.32. The smallest absolute Gasteiger partial charge is 0.305 e. The van der Waals surface area contributed by atoms with E-state index in [2.05, 4.69) is 4.90 Å². The van der Waals surface area contributed by atoms with Crippen LogP contribution in [0.1, 0.15) is 32.6 Å². The van der Waals surface area contributed by atoms with E-state index in [1.54, 1.807) is 0 Å². The third kappa shape index (κ3) is 4.93. The summed E-state index contributed by atoms with van der Waals surface area (Å²) in [4.78, 5) is 24.1. The Hall–Kier alpha value is -0.900. The van der Waals surface area contributed by atoms with Gasteiger partial charge in [0.25, 0.3) is 0 Å². The van der Waals surface area contributed by atoms with Gasteiger partial charge in [-0.25, -0.2) is 0 Å². The molecule has 15 heavy (non-hydrogen) atoms. The highest BCUT2D eigenvalue weighted by molar-refractivity contribution is 5.82. The number of nitrogens with zero attached hydrogens (tertiary/aromatic N) is 1. The molecule has 0 radical (unpaired) electrons. The molecule has 0 bridgehead atoms. The van der Waals surface area contributed by atoms with Crippen molar-refractivity contribution < 1.29 is 14.3 Å². The molecule has 4 nitrogen and oxygen atoms in total. The molecule has 1 rings (SSSR count). The minimum Gasteiger partial charge on any atom is -0.466 e. The Morgan fingerprint density at radius 2 is 2.27 bits per heavy atom. The Labute approximate surface area is 90.6 Å². The lowest BCUT2D eigenvalue weighted by molar-refractivity contribution is -0.143. The first-order chi connectivity index (χ1) is 7.22. The van der Waals surface area contributed by atoms with Crippen LogP contribution >= 0.6 is 0 Å². The third-order valence-corrected chi connectivity index (χ3v) is 2.52. The number of hydrogen-bond acceptors (Lipinski definition) is 4. The van der Waals surface area contributed by atoms with E-state index in [1.807, 2.05) is 6.92 Å². The fourth-order valence-corrected chi connectivity index (χ4v) is 1.72. The number of carbonyl (C=O) groups is 2. The van der Waals surface area contributed by atoms with Crippen molar-refractivity contribution in [2.75, 3.05) is 26.2 Å². The molecule has 0 saturated carbocycles. The van der Waals surface area contributed by atoms with Crippen molar-refractivity contribution in [3.05, 3.63) is 0 Å². The summed E-state index contributed by atoms with van der Waals surface area (Å²) in [6, 6.07) is 0. The van der Waals surface area contributed by atoms with E-state index in [9.17, 15) is 9.59 Å². The van der Waals surface area contributed by atoms with Crippen molar-refractivity contribution in [1.82, 2.24) is 4.90 Å². The maximum atomic E-state index is 11.0. The van der Waals surface area contributed by atoms with Gasteiger partial charge in [0.15, 0.2) is 0 Å². The molecule has 0 N–H and O–H groups in total. The topological polar surface area (TPSA) is 46.6 Å². The zero-order valence-electron chi connectivity index (χ0n) is 9.33. The monoisotopic (exact) mass is 213 g/mol. The summed E-state index contributed by atoms with van der Waals surface area (Å²) in [5, 5.41) is 0. The summed E-state index contributed by atoms with van der Waals surface area (Å²) in [6.07, 6.45) is 3.00. The van der Waals surface area contributed by atoms with Crippen LogP contribution in [0.3, 0.4) is 0 Å². The standard InChI is InChI=1S/C11H19NO3/c1-2-15-11(14)5-3-4-7-12-8-6-10(13)9-12/h2-9H2,1H3. The lowest BCUT2D eigenvalue weighted by Crippen LogP contribution is -2.22. The molecule has 1 saturated heterocycles. The van der Waals surface area contributed by atoms with Crippen LogP contribution in [0.2, 0.25) is 0 Å². The number of Topliss-reactive ketones (excluding diaryl/α,β-unsaturated/α-hetero) is 1. The number of unbranched alkanes of at least 4 members (excludes halogenated alkanes) is 1. The number of esters is 1. The summed E-state index contributed by atoms with van der Waals surface area (Å²) in [7, 11) is 0. The fourth-order valence-electron chi connectivity index (χ4n) is 1.72. The molecule has 86 valence electrons. The molecular weight excluding hydrogens is 194 g/mol. The maximum Gasteiger partial charge on any atom is 0.305 e. The summed E-state index contributed by atoms with van der Waals surface area (Å²) >= 11 is 0. The Morgan fingerprint density at radius 3 is 2.87 bits per heavy atom. The molecule has 1 aliphatic rings. The van der Waals surface area contributed by atoms with E-state index in [0.717, 1.165) is 25.9 Å². The van der Waals surface area contributed by atoms with Gasteiger partial charge in [-0.3, -0.25) is 14.5 Å². The van der Waals surface area contributed by atoms with Crippen molar-refractivity contribution in [2.45, 2.75) is 32.6 Å². The third-order valence-electron chi connectivity index (χ3n) is 2.52. The quantitative estimate of drug-likeness (QED) is 0.487. The highest BCUT2D eigenvalue weighted by Gasteiger charge is 2.18. The molecule has 0 unspecified atom stereocenters. The van der Waals surface area contributed by atoms with Crippen LogP contribution < -0.4 is 0 Å². The van der Waals surface area contributed by atoms with Gasteiger partial charge < -0.3 is 4.74 Å². The lowest BCUT2D eigenvalue weighted by atomic mass is 10.2. The second kappa shape index (κ2) is 6.56. The van der Waals surface area contributed by atoms with Gasteiger partial charge in [0, 0.05) is 19.4 Å². The van der Waals surface area contributed by atoms with Crippen LogP contribution in [-0.2, 0) is 14.3 Å². The molecule has 0 amide bonds. The molecule has 1 heterocycles. The largest absolute Gasteiger partial charge is 0.466 e. The van der Waals surface area contributed by atoms with Crippen LogP contribution in [0.5, 0.6) is 0 Å². The molecule has 0 atom stereocenters. The van der Waals surface area contributed by atoms with Crippen LogP contribution in [0.15, 0.2) is 0 Å². The molecule has 1 aliphatic heterocycles. The second-order valence-corrected chi connectivity index (χ2v) is 3.83. The fraction of sp³-hybridized carbons (Fsp3) is 0.818. The molecule has 0 spiro atoms. The van der Waals surface area contributed by atoms with Crippen molar-refractivity contribution in [1.29, 1.82) is 0 Å². The predicted molar refractivity (Wildman–Crippen MR) is 56.5 cm³/mol. The van der Waals surface area contributed by atoms with E-state index in [-0.39, 0.29) is 5.97 Å².